The van der Waals surface area contributed by atoms with Crippen LogP contribution in [0.15, 0.2) is 91.8 Å². The van der Waals surface area contributed by atoms with Crippen LogP contribution in [0.2, 0.25) is 0 Å². The number of pyridine rings is 1. The molecule has 5 nitrogen and oxygen atoms in total. The van der Waals surface area contributed by atoms with E-state index in [1.165, 1.54) is 0 Å². The molecule has 168 valence electrons. The van der Waals surface area contributed by atoms with Gasteiger partial charge < -0.3 is 10.2 Å². The Bertz CT molecular complexity index is 1100. The van der Waals surface area contributed by atoms with Gasteiger partial charge in [0.05, 0.1) is 5.41 Å². The summed E-state index contributed by atoms with van der Waals surface area (Å²) >= 11 is 0. The van der Waals surface area contributed by atoms with Crippen LogP contribution in [0.1, 0.15) is 28.8 Å². The van der Waals surface area contributed by atoms with Crippen molar-refractivity contribution in [3.8, 4) is 11.1 Å². The van der Waals surface area contributed by atoms with E-state index in [4.69, 9.17) is 0 Å². The molecule has 1 N–H and O–H groups in total. The average Bonchev–Trinajstić information content (AvgIpc) is 2.88. The minimum Gasteiger partial charge on any atom is -0.352 e. The summed E-state index contributed by atoms with van der Waals surface area (Å²) in [6, 6.07) is 22.1. The third kappa shape index (κ3) is 5.20. The second-order valence-corrected chi connectivity index (χ2v) is 8.55. The quantitative estimate of drug-likeness (QED) is 0.551. The van der Waals surface area contributed by atoms with Crippen LogP contribution in [-0.4, -0.2) is 41.3 Å². The molecule has 0 saturated carbocycles. The number of amides is 2. The molecule has 1 aliphatic heterocycles. The molecule has 0 aliphatic carbocycles. The van der Waals surface area contributed by atoms with Crippen molar-refractivity contribution in [3.63, 3.8) is 0 Å². The standard InChI is InChI=1S/C28H29N3O2/c1-2-15-30-27(33)28(13-18-31(19-14-28)26(32)24-11-16-29-17-12-24)21-22-7-6-10-25(20-22)23-8-4-3-5-9-23/h2-12,16-17,20H,1,13-15,18-19,21H2,(H,30,33). The molecule has 1 fully saturated rings. The zero-order valence-electron chi connectivity index (χ0n) is 18.7. The molecule has 3 aromatic rings. The zero-order valence-corrected chi connectivity index (χ0v) is 18.7. The fourth-order valence-electron chi connectivity index (χ4n) is 4.53. The second-order valence-electron chi connectivity index (χ2n) is 8.55. The number of nitrogens with zero attached hydrogens (tertiary/aromatic N) is 2. The molecule has 33 heavy (non-hydrogen) atoms. The molecule has 0 unspecified atom stereocenters. The third-order valence-corrected chi connectivity index (χ3v) is 6.40. The Morgan fingerprint density at radius 1 is 0.970 bits per heavy atom. The number of hydrogen-bond acceptors (Lipinski definition) is 3. The number of hydrogen-bond donors (Lipinski definition) is 1. The molecule has 5 heteroatoms. The topological polar surface area (TPSA) is 62.3 Å². The molecular weight excluding hydrogens is 410 g/mol. The minimum atomic E-state index is -0.562. The van der Waals surface area contributed by atoms with Crippen LogP contribution < -0.4 is 5.32 Å². The molecule has 0 radical (unpaired) electrons. The second kappa shape index (κ2) is 10.3. The number of aromatic nitrogens is 1. The number of benzene rings is 2. The van der Waals surface area contributed by atoms with Crippen molar-refractivity contribution in [2.24, 2.45) is 5.41 Å². The van der Waals surface area contributed by atoms with Gasteiger partial charge in [0.15, 0.2) is 0 Å². The summed E-state index contributed by atoms with van der Waals surface area (Å²) in [5.74, 6) is 0.0205. The molecule has 0 bridgehead atoms. The van der Waals surface area contributed by atoms with Crippen molar-refractivity contribution in [1.82, 2.24) is 15.2 Å². The van der Waals surface area contributed by atoms with E-state index in [0.717, 1.165) is 16.7 Å². The Morgan fingerprint density at radius 3 is 2.36 bits per heavy atom. The molecule has 0 atom stereocenters. The fourth-order valence-corrected chi connectivity index (χ4v) is 4.53. The molecular formula is C28H29N3O2. The number of piperidine rings is 1. The van der Waals surface area contributed by atoms with Crippen molar-refractivity contribution in [1.29, 1.82) is 0 Å². The molecule has 4 rings (SSSR count). The number of rotatable bonds is 7. The van der Waals surface area contributed by atoms with Gasteiger partial charge >= 0.3 is 0 Å². The van der Waals surface area contributed by atoms with Crippen molar-refractivity contribution < 1.29 is 9.59 Å². The van der Waals surface area contributed by atoms with Crippen LogP contribution in [0, 0.1) is 5.41 Å². The lowest BCUT2D eigenvalue weighted by molar-refractivity contribution is -0.133. The number of likely N-dealkylation sites (tertiary alicyclic amines) is 1. The molecule has 2 aromatic carbocycles. The van der Waals surface area contributed by atoms with Gasteiger partial charge in [0.1, 0.15) is 0 Å². The summed E-state index contributed by atoms with van der Waals surface area (Å²) in [4.78, 5) is 32.0. The van der Waals surface area contributed by atoms with Gasteiger partial charge in [-0.1, -0.05) is 60.7 Å². The van der Waals surface area contributed by atoms with E-state index >= 15 is 0 Å². The zero-order chi connectivity index (χ0) is 23.1. The van der Waals surface area contributed by atoms with E-state index in [-0.39, 0.29) is 11.8 Å². The van der Waals surface area contributed by atoms with E-state index in [1.807, 2.05) is 23.1 Å². The number of nitrogens with one attached hydrogen (secondary N) is 1. The van der Waals surface area contributed by atoms with Gasteiger partial charge in [-0.05, 0) is 48.1 Å². The Hall–Kier alpha value is -3.73. The van der Waals surface area contributed by atoms with E-state index in [1.54, 1.807) is 30.6 Å². The summed E-state index contributed by atoms with van der Waals surface area (Å²) in [5.41, 5.74) is 3.48. The first-order valence-electron chi connectivity index (χ1n) is 11.3. The lowest BCUT2D eigenvalue weighted by Crippen LogP contribution is -2.51. The first kappa shape index (κ1) is 22.5. The highest BCUT2D eigenvalue weighted by molar-refractivity contribution is 5.94. The molecule has 2 heterocycles. The SMILES string of the molecule is C=CCNC(=O)C1(Cc2cccc(-c3ccccc3)c2)CCN(C(=O)c2ccncc2)CC1. The van der Waals surface area contributed by atoms with Gasteiger partial charge in [-0.2, -0.15) is 0 Å². The van der Waals surface area contributed by atoms with Crippen LogP contribution in [0.3, 0.4) is 0 Å². The smallest absolute Gasteiger partial charge is 0.253 e. The maximum absolute atomic E-state index is 13.3. The van der Waals surface area contributed by atoms with E-state index in [0.29, 0.717) is 44.5 Å². The lowest BCUT2D eigenvalue weighted by atomic mass is 9.72. The van der Waals surface area contributed by atoms with Gasteiger partial charge in [0, 0.05) is 37.6 Å². The van der Waals surface area contributed by atoms with Crippen LogP contribution in [0.25, 0.3) is 11.1 Å². The van der Waals surface area contributed by atoms with Crippen molar-refractivity contribution >= 4 is 11.8 Å². The van der Waals surface area contributed by atoms with Crippen LogP contribution in [-0.2, 0) is 11.2 Å². The molecule has 1 saturated heterocycles. The first-order chi connectivity index (χ1) is 16.1. The van der Waals surface area contributed by atoms with Crippen LogP contribution in [0.4, 0.5) is 0 Å². The molecule has 2 amide bonds. The monoisotopic (exact) mass is 439 g/mol. The number of carbonyl (C=O) groups is 2. The summed E-state index contributed by atoms with van der Waals surface area (Å²) in [7, 11) is 0. The Balaban J connectivity index is 1.54. The van der Waals surface area contributed by atoms with Gasteiger partial charge in [0.2, 0.25) is 5.91 Å². The van der Waals surface area contributed by atoms with E-state index < -0.39 is 5.41 Å². The highest BCUT2D eigenvalue weighted by Crippen LogP contribution is 2.37. The Kier molecular flexibility index (Phi) is 6.98. The predicted octanol–water partition coefficient (Wildman–Crippen LogP) is 4.52. The van der Waals surface area contributed by atoms with Gasteiger partial charge in [-0.25, -0.2) is 0 Å². The molecule has 1 aromatic heterocycles. The van der Waals surface area contributed by atoms with Crippen molar-refractivity contribution in [3.05, 3.63) is 103 Å². The lowest BCUT2D eigenvalue weighted by Gasteiger charge is -2.41. The summed E-state index contributed by atoms with van der Waals surface area (Å²) in [5, 5.41) is 3.02. The van der Waals surface area contributed by atoms with Crippen LogP contribution in [0.5, 0.6) is 0 Å². The highest BCUT2D eigenvalue weighted by Gasteiger charge is 2.42. The molecule has 1 aliphatic rings. The average molecular weight is 440 g/mol. The van der Waals surface area contributed by atoms with Crippen LogP contribution >= 0.6 is 0 Å². The van der Waals surface area contributed by atoms with E-state index in [2.05, 4.69) is 53.3 Å². The third-order valence-electron chi connectivity index (χ3n) is 6.40. The maximum Gasteiger partial charge on any atom is 0.253 e. The predicted molar refractivity (Wildman–Crippen MR) is 131 cm³/mol. The summed E-state index contributed by atoms with van der Waals surface area (Å²) in [6.45, 7) is 5.25. The summed E-state index contributed by atoms with van der Waals surface area (Å²) < 4.78 is 0. The number of carbonyl (C=O) groups excluding carboxylic acids is 2. The Morgan fingerprint density at radius 2 is 1.67 bits per heavy atom. The largest absolute Gasteiger partial charge is 0.352 e. The van der Waals surface area contributed by atoms with Crippen molar-refractivity contribution in [2.45, 2.75) is 19.3 Å². The van der Waals surface area contributed by atoms with Gasteiger partial charge in [-0.3, -0.25) is 14.6 Å². The minimum absolute atomic E-state index is 0.0106. The Labute approximate surface area is 195 Å². The maximum atomic E-state index is 13.3. The molecule has 0 spiro atoms. The van der Waals surface area contributed by atoms with Gasteiger partial charge in [0.25, 0.3) is 5.91 Å². The van der Waals surface area contributed by atoms with E-state index in [9.17, 15) is 9.59 Å². The summed E-state index contributed by atoms with van der Waals surface area (Å²) in [6.07, 6.45) is 6.82. The highest BCUT2D eigenvalue weighted by atomic mass is 16.2. The first-order valence-corrected chi connectivity index (χ1v) is 11.3. The van der Waals surface area contributed by atoms with Gasteiger partial charge in [-0.15, -0.1) is 6.58 Å². The fraction of sp³-hybridized carbons (Fsp3) is 0.250. The van der Waals surface area contributed by atoms with Crippen molar-refractivity contribution in [2.75, 3.05) is 19.6 Å². The normalized spacial score (nSPS) is 15.0.